The van der Waals surface area contributed by atoms with E-state index in [0.717, 1.165) is 18.4 Å². The number of methoxy groups -OCH3 is 1. The van der Waals surface area contributed by atoms with Crippen LogP contribution in [0.4, 0.5) is 0 Å². The highest BCUT2D eigenvalue weighted by molar-refractivity contribution is 5.87. The largest absolute Gasteiger partial charge is 0.459 e. The SMILES string of the molecule is CO[C@@]1(C)C[C@@]2(CO2)[C@H](O)C(/C=C/C(C)=C/C[C@@H]2O[C@H](C)[C@H](NC(=O)/C=C\[C@H](C)OC(C)=O)CC2C)O1. The van der Waals surface area contributed by atoms with Crippen LogP contribution in [0.5, 0.6) is 0 Å². The van der Waals surface area contributed by atoms with Crippen molar-refractivity contribution in [2.24, 2.45) is 5.92 Å². The normalized spacial score (nSPS) is 39.2. The molecule has 37 heavy (non-hydrogen) atoms. The molecule has 2 N–H and O–H groups in total. The number of esters is 1. The summed E-state index contributed by atoms with van der Waals surface area (Å²) in [5, 5.41) is 13.7. The van der Waals surface area contributed by atoms with Gasteiger partial charge in [0.1, 0.15) is 23.9 Å². The minimum Gasteiger partial charge on any atom is -0.459 e. The number of ether oxygens (including phenoxy) is 5. The first-order chi connectivity index (χ1) is 17.4. The summed E-state index contributed by atoms with van der Waals surface area (Å²) in [7, 11) is 1.60. The first kappa shape index (κ1) is 29.5. The number of amides is 1. The maximum Gasteiger partial charge on any atom is 0.303 e. The van der Waals surface area contributed by atoms with Crippen molar-refractivity contribution in [3.8, 4) is 0 Å². The van der Waals surface area contributed by atoms with Crippen LogP contribution in [0.2, 0.25) is 0 Å². The van der Waals surface area contributed by atoms with E-state index >= 15 is 0 Å². The fourth-order valence-electron chi connectivity index (χ4n) is 5.06. The Labute approximate surface area is 220 Å². The van der Waals surface area contributed by atoms with E-state index in [2.05, 4.69) is 18.3 Å². The number of hydrogen-bond donors (Lipinski definition) is 2. The highest BCUT2D eigenvalue weighted by Crippen LogP contribution is 2.46. The molecule has 0 aliphatic carbocycles. The summed E-state index contributed by atoms with van der Waals surface area (Å²) in [6.45, 7) is 11.5. The highest BCUT2D eigenvalue weighted by atomic mass is 16.7. The maximum absolute atomic E-state index is 12.3. The van der Waals surface area contributed by atoms with Crippen LogP contribution in [0.1, 0.15) is 60.8 Å². The van der Waals surface area contributed by atoms with Crippen LogP contribution in [0.25, 0.3) is 0 Å². The summed E-state index contributed by atoms with van der Waals surface area (Å²) in [5.74, 6) is -1.18. The second kappa shape index (κ2) is 12.2. The minimum absolute atomic E-state index is 0.0301. The Bertz CT molecular complexity index is 910. The zero-order chi connectivity index (χ0) is 27.4. The summed E-state index contributed by atoms with van der Waals surface area (Å²) in [6, 6.07) is -0.102. The second-order valence-electron chi connectivity index (χ2n) is 10.8. The van der Waals surface area contributed by atoms with Crippen molar-refractivity contribution >= 4 is 11.9 Å². The molecule has 3 fully saturated rings. The minimum atomic E-state index is -0.799. The van der Waals surface area contributed by atoms with Gasteiger partial charge in [-0.2, -0.15) is 0 Å². The summed E-state index contributed by atoms with van der Waals surface area (Å²) >= 11 is 0. The van der Waals surface area contributed by atoms with Gasteiger partial charge in [0, 0.05) is 26.5 Å². The summed E-state index contributed by atoms with van der Waals surface area (Å²) < 4.78 is 28.4. The molecule has 0 radical (unpaired) electrons. The quantitative estimate of drug-likeness (QED) is 0.206. The van der Waals surface area contributed by atoms with E-state index in [-0.39, 0.29) is 36.0 Å². The fourth-order valence-corrected chi connectivity index (χ4v) is 5.06. The van der Waals surface area contributed by atoms with Crippen molar-refractivity contribution in [2.75, 3.05) is 13.7 Å². The Morgan fingerprint density at radius 2 is 1.95 bits per heavy atom. The molecule has 3 rings (SSSR count). The predicted molar refractivity (Wildman–Crippen MR) is 138 cm³/mol. The molecule has 3 saturated heterocycles. The molecule has 9 heteroatoms. The Kier molecular flexibility index (Phi) is 9.74. The van der Waals surface area contributed by atoms with Crippen LogP contribution in [-0.4, -0.2) is 78.6 Å². The van der Waals surface area contributed by atoms with Crippen molar-refractivity contribution < 1.29 is 38.4 Å². The first-order valence-electron chi connectivity index (χ1n) is 13.1. The van der Waals surface area contributed by atoms with Gasteiger partial charge in [-0.05, 0) is 52.5 Å². The van der Waals surface area contributed by atoms with Crippen molar-refractivity contribution in [3.63, 3.8) is 0 Å². The lowest BCUT2D eigenvalue weighted by molar-refractivity contribution is -0.284. The molecule has 3 aliphatic heterocycles. The molecule has 0 aromatic rings. The van der Waals surface area contributed by atoms with Crippen LogP contribution in [0.15, 0.2) is 36.0 Å². The van der Waals surface area contributed by atoms with Gasteiger partial charge < -0.3 is 34.1 Å². The van der Waals surface area contributed by atoms with Crippen molar-refractivity contribution in [2.45, 2.75) is 109 Å². The number of carbonyl (C=O) groups is 2. The molecule has 1 spiro atoms. The zero-order valence-corrected chi connectivity index (χ0v) is 23.1. The molecular weight excluding hydrogens is 478 g/mol. The van der Waals surface area contributed by atoms with Gasteiger partial charge in [-0.1, -0.05) is 30.7 Å². The number of epoxide rings is 1. The molecule has 0 saturated carbocycles. The fraction of sp³-hybridized carbons (Fsp3) is 0.714. The number of aliphatic hydroxyl groups excluding tert-OH is 1. The Morgan fingerprint density at radius 3 is 2.57 bits per heavy atom. The van der Waals surface area contributed by atoms with E-state index in [1.165, 1.54) is 13.0 Å². The Morgan fingerprint density at radius 1 is 1.24 bits per heavy atom. The lowest BCUT2D eigenvalue weighted by Gasteiger charge is -2.42. The van der Waals surface area contributed by atoms with Crippen molar-refractivity contribution in [3.05, 3.63) is 36.0 Å². The van der Waals surface area contributed by atoms with Gasteiger partial charge in [-0.25, -0.2) is 0 Å². The van der Waals surface area contributed by atoms with E-state index < -0.39 is 29.7 Å². The Balaban J connectivity index is 1.50. The highest BCUT2D eigenvalue weighted by Gasteiger charge is 2.61. The topological polar surface area (TPSA) is 116 Å². The smallest absolute Gasteiger partial charge is 0.303 e. The van der Waals surface area contributed by atoms with E-state index in [1.54, 1.807) is 20.1 Å². The monoisotopic (exact) mass is 521 g/mol. The molecule has 208 valence electrons. The number of carbonyl (C=O) groups excluding carboxylic acids is 2. The molecule has 2 unspecified atom stereocenters. The van der Waals surface area contributed by atoms with Gasteiger partial charge in [0.25, 0.3) is 0 Å². The third kappa shape index (κ3) is 7.97. The lowest BCUT2D eigenvalue weighted by atomic mass is 9.87. The van der Waals surface area contributed by atoms with Gasteiger partial charge in [0.2, 0.25) is 5.91 Å². The zero-order valence-electron chi connectivity index (χ0n) is 23.1. The standard InChI is InChI=1S/C28H43NO8/c1-17(9-12-24-26(32)28(16-34-28)15-27(6,33-7)37-24)8-11-23-18(2)14-22(20(4)36-23)29-25(31)13-10-19(3)35-21(5)30/h8-10,12-13,18-20,22-24,26,32H,11,14-16H2,1-7H3,(H,29,31)/b12-9+,13-10-,17-8+/t18?,19-,20+,22+,23-,24?,26+,27+,28+/m0/s1. The summed E-state index contributed by atoms with van der Waals surface area (Å²) in [4.78, 5) is 23.3. The van der Waals surface area contributed by atoms with Gasteiger partial charge in [-0.3, -0.25) is 9.59 Å². The first-order valence-corrected chi connectivity index (χ1v) is 13.1. The summed E-state index contributed by atoms with van der Waals surface area (Å²) in [5.41, 5.74) is 0.455. The van der Waals surface area contributed by atoms with Gasteiger partial charge >= 0.3 is 5.97 Å². The van der Waals surface area contributed by atoms with Crippen LogP contribution < -0.4 is 5.32 Å². The average Bonchev–Trinajstić information content (AvgIpc) is 3.59. The molecule has 3 heterocycles. The van der Waals surface area contributed by atoms with E-state index in [0.29, 0.717) is 13.0 Å². The lowest BCUT2D eigenvalue weighted by Crippen LogP contribution is -2.55. The van der Waals surface area contributed by atoms with Gasteiger partial charge in [0.15, 0.2) is 5.79 Å². The molecule has 0 aromatic heterocycles. The molecule has 0 aromatic carbocycles. The number of rotatable bonds is 9. The van der Waals surface area contributed by atoms with Crippen LogP contribution in [0, 0.1) is 5.92 Å². The molecule has 3 aliphatic rings. The number of aliphatic hydroxyl groups is 1. The van der Waals surface area contributed by atoms with Gasteiger partial charge in [-0.15, -0.1) is 0 Å². The average molecular weight is 522 g/mol. The number of nitrogens with one attached hydrogen (secondary N) is 1. The second-order valence-corrected chi connectivity index (χ2v) is 10.8. The molecule has 0 bridgehead atoms. The Hall–Kier alpha value is -2.04. The number of allylic oxidation sites excluding steroid dienone is 2. The van der Waals surface area contributed by atoms with Crippen LogP contribution in [-0.2, 0) is 33.3 Å². The molecule has 9 nitrogen and oxygen atoms in total. The molecule has 1 amide bonds. The van der Waals surface area contributed by atoms with Crippen molar-refractivity contribution in [1.29, 1.82) is 0 Å². The third-order valence-electron chi connectivity index (χ3n) is 7.44. The number of hydrogen-bond acceptors (Lipinski definition) is 8. The van der Waals surface area contributed by atoms with Gasteiger partial charge in [0.05, 0.1) is 24.9 Å². The van der Waals surface area contributed by atoms with Crippen LogP contribution >= 0.6 is 0 Å². The molecule has 9 atom stereocenters. The third-order valence-corrected chi connectivity index (χ3v) is 7.44. The van der Waals surface area contributed by atoms with E-state index in [4.69, 9.17) is 23.7 Å². The predicted octanol–water partition coefficient (Wildman–Crippen LogP) is 2.97. The van der Waals surface area contributed by atoms with Crippen LogP contribution in [0.3, 0.4) is 0 Å². The maximum atomic E-state index is 12.3. The molecular formula is C28H43NO8. The van der Waals surface area contributed by atoms with Crippen molar-refractivity contribution in [1.82, 2.24) is 5.32 Å². The van der Waals surface area contributed by atoms with E-state index in [9.17, 15) is 14.7 Å². The van der Waals surface area contributed by atoms with E-state index in [1.807, 2.05) is 32.9 Å². The summed E-state index contributed by atoms with van der Waals surface area (Å²) in [6.07, 6.45) is 9.09.